The summed E-state index contributed by atoms with van der Waals surface area (Å²) < 4.78 is 6.19. The van der Waals surface area contributed by atoms with Crippen LogP contribution in [-0.2, 0) is 14.3 Å². The van der Waals surface area contributed by atoms with Gasteiger partial charge < -0.3 is 4.74 Å². The molecule has 202 valence electrons. The third-order valence-electron chi connectivity index (χ3n) is 8.90. The number of amides is 2. The standard InChI is InChI=1S/C35H24N4O3/c1-19-23(34(40)38-28-12-4-8-20-6-2-10-26(30(20)28)36-32(19)38)16-17-42-22-14-15-24-25(18-22)35(41)39-29-13-5-9-21-7-3-11-27(31(21)29)37-33(24)39/h2-7,9-13,15-16,18,20,22H,1,8,14,17H2/b23-16+. The van der Waals surface area contributed by atoms with Crippen LogP contribution in [0.3, 0.4) is 0 Å². The second-order valence-corrected chi connectivity index (χ2v) is 11.2. The summed E-state index contributed by atoms with van der Waals surface area (Å²) in [6.07, 6.45) is 17.2. The van der Waals surface area contributed by atoms with Gasteiger partial charge in [0.15, 0.2) is 0 Å². The molecule has 4 aliphatic heterocycles. The van der Waals surface area contributed by atoms with E-state index in [9.17, 15) is 9.59 Å². The van der Waals surface area contributed by atoms with Crippen molar-refractivity contribution in [3.63, 3.8) is 0 Å². The van der Waals surface area contributed by atoms with E-state index in [1.165, 1.54) is 0 Å². The topological polar surface area (TPSA) is 74.6 Å². The maximum absolute atomic E-state index is 13.7. The summed E-state index contributed by atoms with van der Waals surface area (Å²) >= 11 is 0. The number of carbonyl (C=O) groups excluding carboxylic acids is 2. The zero-order valence-corrected chi connectivity index (χ0v) is 22.6. The maximum atomic E-state index is 13.7. The summed E-state index contributed by atoms with van der Waals surface area (Å²) in [5.74, 6) is 1.25. The number of ether oxygens (including phenoxy) is 1. The van der Waals surface area contributed by atoms with Gasteiger partial charge in [-0.15, -0.1) is 0 Å². The molecule has 2 aromatic carbocycles. The molecule has 0 spiro atoms. The average Bonchev–Trinajstić information content (AvgIpc) is 3.43. The van der Waals surface area contributed by atoms with Crippen molar-refractivity contribution in [2.75, 3.05) is 11.5 Å². The van der Waals surface area contributed by atoms with Crippen molar-refractivity contribution in [3.8, 4) is 0 Å². The lowest BCUT2D eigenvalue weighted by molar-refractivity contribution is -0.121. The summed E-state index contributed by atoms with van der Waals surface area (Å²) in [7, 11) is 0. The van der Waals surface area contributed by atoms with Crippen molar-refractivity contribution in [2.24, 2.45) is 15.9 Å². The van der Waals surface area contributed by atoms with Gasteiger partial charge in [-0.2, -0.15) is 0 Å². The van der Waals surface area contributed by atoms with Crippen molar-refractivity contribution >= 4 is 45.6 Å². The minimum absolute atomic E-state index is 0.0958. The number of rotatable bonds is 3. The number of anilines is 1. The molecule has 2 atom stereocenters. The van der Waals surface area contributed by atoms with E-state index in [4.69, 9.17) is 14.7 Å². The molecule has 0 N–H and O–H groups in total. The van der Waals surface area contributed by atoms with Gasteiger partial charge in [-0.05, 0) is 54.7 Å². The van der Waals surface area contributed by atoms with Gasteiger partial charge in [0.2, 0.25) is 0 Å². The van der Waals surface area contributed by atoms with Crippen LogP contribution in [-0.4, -0.2) is 41.1 Å². The summed E-state index contributed by atoms with van der Waals surface area (Å²) in [5.41, 5.74) is 7.16. The third kappa shape index (κ3) is 3.08. The summed E-state index contributed by atoms with van der Waals surface area (Å²) in [4.78, 5) is 40.4. The van der Waals surface area contributed by atoms with E-state index in [1.807, 2.05) is 66.8 Å². The van der Waals surface area contributed by atoms with Crippen LogP contribution in [0.4, 0.5) is 11.4 Å². The zero-order chi connectivity index (χ0) is 28.1. The second kappa shape index (κ2) is 8.44. The van der Waals surface area contributed by atoms with Gasteiger partial charge in [0, 0.05) is 39.2 Å². The minimum Gasteiger partial charge on any atom is -0.370 e. The lowest BCUT2D eigenvalue weighted by Gasteiger charge is -2.33. The number of hydrogen-bond donors (Lipinski definition) is 0. The number of aliphatic imine (C=N–C) groups is 2. The highest BCUT2D eigenvalue weighted by molar-refractivity contribution is 6.42. The first-order valence-electron chi connectivity index (χ1n) is 14.2. The van der Waals surface area contributed by atoms with Gasteiger partial charge in [0.1, 0.15) is 11.7 Å². The number of nitrogens with zero attached hydrogens (tertiary/aromatic N) is 4. The molecule has 42 heavy (non-hydrogen) atoms. The molecule has 2 unspecified atom stereocenters. The van der Waals surface area contributed by atoms with E-state index in [0.29, 0.717) is 34.8 Å². The van der Waals surface area contributed by atoms with E-state index in [-0.39, 0.29) is 30.4 Å². The normalized spacial score (nSPS) is 25.7. The minimum atomic E-state index is -0.305. The van der Waals surface area contributed by atoms with Crippen LogP contribution in [0.15, 0.2) is 141 Å². The lowest BCUT2D eigenvalue weighted by atomic mass is 9.83. The Morgan fingerprint density at radius 3 is 2.79 bits per heavy atom. The largest absolute Gasteiger partial charge is 0.370 e. The van der Waals surface area contributed by atoms with Crippen molar-refractivity contribution < 1.29 is 14.3 Å². The Kier molecular flexibility index (Phi) is 4.73. The Morgan fingerprint density at radius 2 is 1.88 bits per heavy atom. The SMILES string of the molecule is C=C1C2=NC3=CC=CC4CC=CC(=C34)N2C(=O)/C1=C/COC1C=C2C(=O)N3C(=Nc4cccc5cccc3c45)C2=CC1. The highest BCUT2D eigenvalue weighted by Crippen LogP contribution is 2.46. The predicted octanol–water partition coefficient (Wildman–Crippen LogP) is 5.89. The van der Waals surface area contributed by atoms with Crippen molar-refractivity contribution in [1.29, 1.82) is 0 Å². The van der Waals surface area contributed by atoms with Gasteiger partial charge in [-0.3, -0.25) is 19.4 Å². The molecule has 7 aliphatic rings. The first kappa shape index (κ1) is 23.6. The van der Waals surface area contributed by atoms with Gasteiger partial charge >= 0.3 is 0 Å². The van der Waals surface area contributed by atoms with E-state index in [2.05, 4.69) is 18.7 Å². The fourth-order valence-electron chi connectivity index (χ4n) is 6.97. The fourth-order valence-corrected chi connectivity index (χ4v) is 6.97. The van der Waals surface area contributed by atoms with Gasteiger partial charge in [0.25, 0.3) is 11.8 Å². The molecule has 0 radical (unpaired) electrons. The van der Waals surface area contributed by atoms with Gasteiger partial charge in [0.05, 0.1) is 35.5 Å². The molecule has 0 saturated carbocycles. The second-order valence-electron chi connectivity index (χ2n) is 11.2. The Hall–Kier alpha value is -5.14. The van der Waals surface area contributed by atoms with E-state index >= 15 is 0 Å². The van der Waals surface area contributed by atoms with Gasteiger partial charge in [-0.1, -0.05) is 55.1 Å². The van der Waals surface area contributed by atoms with Crippen molar-refractivity contribution in [3.05, 3.63) is 131 Å². The molecule has 2 saturated heterocycles. The van der Waals surface area contributed by atoms with Crippen LogP contribution in [0.25, 0.3) is 10.8 Å². The molecule has 2 amide bonds. The van der Waals surface area contributed by atoms with E-state index in [0.717, 1.165) is 51.1 Å². The summed E-state index contributed by atoms with van der Waals surface area (Å²) in [6.45, 7) is 4.42. The summed E-state index contributed by atoms with van der Waals surface area (Å²) in [5, 5.41) is 2.04. The number of amidine groups is 2. The fraction of sp³-hybridized carbons (Fsp3) is 0.143. The van der Waals surface area contributed by atoms with Crippen LogP contribution < -0.4 is 4.90 Å². The highest BCUT2D eigenvalue weighted by atomic mass is 16.5. The number of fused-ring (bicyclic) bond motifs is 6. The van der Waals surface area contributed by atoms with E-state index in [1.54, 1.807) is 15.9 Å². The van der Waals surface area contributed by atoms with Crippen molar-refractivity contribution in [2.45, 2.75) is 18.9 Å². The van der Waals surface area contributed by atoms with Crippen LogP contribution in [0, 0.1) is 5.92 Å². The van der Waals surface area contributed by atoms with Crippen LogP contribution in [0.2, 0.25) is 0 Å². The Balaban J connectivity index is 0.972. The molecule has 2 aromatic rings. The molecule has 7 nitrogen and oxygen atoms in total. The smallest absolute Gasteiger partial charge is 0.264 e. The zero-order valence-electron chi connectivity index (χ0n) is 22.6. The maximum Gasteiger partial charge on any atom is 0.264 e. The molecule has 3 aliphatic carbocycles. The van der Waals surface area contributed by atoms with Crippen LogP contribution >= 0.6 is 0 Å². The quantitative estimate of drug-likeness (QED) is 0.449. The first-order chi connectivity index (χ1) is 20.6. The van der Waals surface area contributed by atoms with E-state index < -0.39 is 0 Å². The number of hydrogen-bond acceptors (Lipinski definition) is 5. The Labute approximate surface area is 241 Å². The lowest BCUT2D eigenvalue weighted by Crippen LogP contribution is -2.34. The Morgan fingerprint density at radius 1 is 1.00 bits per heavy atom. The third-order valence-corrected chi connectivity index (χ3v) is 8.90. The molecule has 7 heteroatoms. The number of carbonyl (C=O) groups is 2. The highest BCUT2D eigenvalue weighted by Gasteiger charge is 2.44. The molecule has 9 rings (SSSR count). The monoisotopic (exact) mass is 548 g/mol. The molecule has 4 heterocycles. The first-order valence-corrected chi connectivity index (χ1v) is 14.2. The summed E-state index contributed by atoms with van der Waals surface area (Å²) in [6, 6.07) is 12.0. The number of allylic oxidation sites excluding steroid dienone is 6. The van der Waals surface area contributed by atoms with Gasteiger partial charge in [-0.25, -0.2) is 9.98 Å². The Bertz CT molecular complexity index is 2010. The molecule has 0 aromatic heterocycles. The van der Waals surface area contributed by atoms with Crippen LogP contribution in [0.5, 0.6) is 0 Å². The molecule has 2 fully saturated rings. The molecular weight excluding hydrogens is 524 g/mol. The molecular formula is C35H24N4O3. The van der Waals surface area contributed by atoms with Crippen LogP contribution in [0.1, 0.15) is 12.8 Å². The predicted molar refractivity (Wildman–Crippen MR) is 162 cm³/mol. The average molecular weight is 549 g/mol. The van der Waals surface area contributed by atoms with Crippen molar-refractivity contribution in [1.82, 2.24) is 4.90 Å². The number of benzene rings is 2. The molecule has 0 bridgehead atoms.